The molecular weight excluding hydrogens is 277 g/mol. The van der Waals surface area contributed by atoms with Crippen molar-refractivity contribution >= 4 is 12.0 Å². The first kappa shape index (κ1) is 15.8. The second-order valence-corrected chi connectivity index (χ2v) is 3.98. The van der Waals surface area contributed by atoms with Crippen LogP contribution in [0.2, 0.25) is 0 Å². The van der Waals surface area contributed by atoms with E-state index in [0.29, 0.717) is 5.56 Å². The average Bonchev–Trinajstić information content (AvgIpc) is 2.36. The molecule has 0 saturated heterocycles. The minimum atomic E-state index is -4.51. The van der Waals surface area contributed by atoms with Crippen molar-refractivity contribution < 1.29 is 27.9 Å². The molecule has 2 amide bonds. The van der Waals surface area contributed by atoms with Crippen LogP contribution in [0.15, 0.2) is 30.3 Å². The molecular formula is C12H13F3N2O3. The number of aliphatic carboxylic acids is 1. The first-order chi connectivity index (χ1) is 9.29. The standard InChI is InChI=1S/C12H13F3N2O3/c13-12(14,15)7-17-11(20)16-6-9(10(18)19)8-4-2-1-3-5-8/h1-5,9H,6-7H2,(H,18,19)(H2,16,17,20). The van der Waals surface area contributed by atoms with E-state index < -0.39 is 30.6 Å². The fourth-order valence-electron chi connectivity index (χ4n) is 1.47. The Hall–Kier alpha value is -2.25. The van der Waals surface area contributed by atoms with E-state index in [-0.39, 0.29) is 6.54 Å². The molecule has 0 heterocycles. The lowest BCUT2D eigenvalue weighted by Crippen LogP contribution is -2.42. The van der Waals surface area contributed by atoms with E-state index in [0.717, 1.165) is 0 Å². The van der Waals surface area contributed by atoms with Gasteiger partial charge in [0.05, 0.1) is 5.92 Å². The zero-order valence-corrected chi connectivity index (χ0v) is 10.3. The van der Waals surface area contributed by atoms with E-state index in [1.807, 2.05) is 0 Å². The molecule has 8 heteroatoms. The second kappa shape index (κ2) is 6.78. The number of nitrogens with one attached hydrogen (secondary N) is 2. The predicted molar refractivity (Wildman–Crippen MR) is 64.3 cm³/mol. The highest BCUT2D eigenvalue weighted by Crippen LogP contribution is 2.15. The number of carbonyl (C=O) groups is 2. The van der Waals surface area contributed by atoms with Gasteiger partial charge in [-0.15, -0.1) is 0 Å². The van der Waals surface area contributed by atoms with Gasteiger partial charge in [0.1, 0.15) is 6.54 Å². The molecule has 0 spiro atoms. The summed E-state index contributed by atoms with van der Waals surface area (Å²) in [7, 11) is 0. The zero-order chi connectivity index (χ0) is 15.2. The van der Waals surface area contributed by atoms with Crippen LogP contribution in [0, 0.1) is 0 Å². The summed E-state index contributed by atoms with van der Waals surface area (Å²) in [6, 6.07) is 7.03. The number of benzene rings is 1. The van der Waals surface area contributed by atoms with Crippen LogP contribution in [-0.4, -0.2) is 36.4 Å². The van der Waals surface area contributed by atoms with Crippen LogP contribution in [0.4, 0.5) is 18.0 Å². The van der Waals surface area contributed by atoms with Gasteiger partial charge >= 0.3 is 18.2 Å². The summed E-state index contributed by atoms with van der Waals surface area (Å²) in [6.07, 6.45) is -4.51. The van der Waals surface area contributed by atoms with Crippen LogP contribution in [0.5, 0.6) is 0 Å². The van der Waals surface area contributed by atoms with Gasteiger partial charge in [0, 0.05) is 6.54 Å². The molecule has 0 bridgehead atoms. The molecule has 0 aliphatic heterocycles. The van der Waals surface area contributed by atoms with Gasteiger partial charge in [0.2, 0.25) is 0 Å². The molecule has 0 aromatic heterocycles. The highest BCUT2D eigenvalue weighted by molar-refractivity contribution is 5.79. The number of halogens is 3. The monoisotopic (exact) mass is 290 g/mol. The van der Waals surface area contributed by atoms with Crippen molar-refractivity contribution in [2.45, 2.75) is 12.1 Å². The third kappa shape index (κ3) is 5.59. The van der Waals surface area contributed by atoms with Gasteiger partial charge in [-0.05, 0) is 5.56 Å². The van der Waals surface area contributed by atoms with Gasteiger partial charge in [-0.3, -0.25) is 4.79 Å². The molecule has 1 aromatic carbocycles. The third-order valence-electron chi connectivity index (χ3n) is 2.42. The summed E-state index contributed by atoms with van der Waals surface area (Å²) >= 11 is 0. The fourth-order valence-corrected chi connectivity index (χ4v) is 1.47. The minimum absolute atomic E-state index is 0.303. The molecule has 0 aliphatic rings. The molecule has 0 fully saturated rings. The smallest absolute Gasteiger partial charge is 0.405 e. The highest BCUT2D eigenvalue weighted by Gasteiger charge is 2.28. The molecule has 20 heavy (non-hydrogen) atoms. The molecule has 0 saturated carbocycles. The maximum Gasteiger partial charge on any atom is 0.405 e. The van der Waals surface area contributed by atoms with Crippen molar-refractivity contribution in [3.63, 3.8) is 0 Å². The van der Waals surface area contributed by atoms with Crippen LogP contribution in [0.25, 0.3) is 0 Å². The first-order valence-electron chi connectivity index (χ1n) is 5.66. The number of carbonyl (C=O) groups excluding carboxylic acids is 1. The molecule has 0 radical (unpaired) electrons. The summed E-state index contributed by atoms with van der Waals surface area (Å²) in [4.78, 5) is 22.2. The number of urea groups is 1. The molecule has 1 atom stereocenters. The van der Waals surface area contributed by atoms with Crippen LogP contribution >= 0.6 is 0 Å². The van der Waals surface area contributed by atoms with Crippen molar-refractivity contribution in [1.82, 2.24) is 10.6 Å². The second-order valence-electron chi connectivity index (χ2n) is 3.98. The Labute approximate surface area is 112 Å². The van der Waals surface area contributed by atoms with E-state index in [1.165, 1.54) is 0 Å². The van der Waals surface area contributed by atoms with Crippen LogP contribution in [-0.2, 0) is 4.79 Å². The van der Waals surface area contributed by atoms with Crippen molar-refractivity contribution in [3.8, 4) is 0 Å². The number of carboxylic acid groups (broad SMARTS) is 1. The van der Waals surface area contributed by atoms with E-state index in [1.54, 1.807) is 35.6 Å². The third-order valence-corrected chi connectivity index (χ3v) is 2.42. The van der Waals surface area contributed by atoms with Gasteiger partial charge in [-0.1, -0.05) is 30.3 Å². The van der Waals surface area contributed by atoms with Crippen LogP contribution in [0.3, 0.4) is 0 Å². The Bertz CT molecular complexity index is 463. The van der Waals surface area contributed by atoms with E-state index in [2.05, 4.69) is 5.32 Å². The molecule has 1 aromatic rings. The number of hydrogen-bond acceptors (Lipinski definition) is 2. The number of amides is 2. The Kier molecular flexibility index (Phi) is 5.36. The predicted octanol–water partition coefficient (Wildman–Crippen LogP) is 1.72. The van der Waals surface area contributed by atoms with Crippen molar-refractivity contribution in [1.29, 1.82) is 0 Å². The summed E-state index contributed by atoms with van der Waals surface area (Å²) < 4.78 is 35.6. The highest BCUT2D eigenvalue weighted by atomic mass is 19.4. The lowest BCUT2D eigenvalue weighted by atomic mass is 9.99. The van der Waals surface area contributed by atoms with Crippen molar-refractivity contribution in [3.05, 3.63) is 35.9 Å². The topological polar surface area (TPSA) is 78.4 Å². The zero-order valence-electron chi connectivity index (χ0n) is 10.3. The van der Waals surface area contributed by atoms with Gasteiger partial charge in [0.25, 0.3) is 0 Å². The number of carboxylic acids is 1. The van der Waals surface area contributed by atoms with E-state index >= 15 is 0 Å². The Morgan fingerprint density at radius 1 is 1.15 bits per heavy atom. The molecule has 3 N–H and O–H groups in total. The van der Waals surface area contributed by atoms with Gasteiger partial charge in [0.15, 0.2) is 0 Å². The summed E-state index contributed by atoms with van der Waals surface area (Å²) in [5.41, 5.74) is 0.455. The lowest BCUT2D eigenvalue weighted by Gasteiger charge is -2.14. The summed E-state index contributed by atoms with van der Waals surface area (Å²) in [6.45, 7) is -1.77. The lowest BCUT2D eigenvalue weighted by molar-refractivity contribution is -0.138. The van der Waals surface area contributed by atoms with Gasteiger partial charge in [-0.25, -0.2) is 4.79 Å². The molecule has 110 valence electrons. The Morgan fingerprint density at radius 2 is 1.75 bits per heavy atom. The molecule has 0 aliphatic carbocycles. The largest absolute Gasteiger partial charge is 0.481 e. The normalized spacial score (nSPS) is 12.6. The van der Waals surface area contributed by atoms with E-state index in [9.17, 15) is 22.8 Å². The number of alkyl halides is 3. The fraction of sp³-hybridized carbons (Fsp3) is 0.333. The SMILES string of the molecule is O=C(NCC(C(=O)O)c1ccccc1)NCC(F)(F)F. The maximum absolute atomic E-state index is 11.9. The molecule has 1 unspecified atom stereocenters. The van der Waals surface area contributed by atoms with Crippen molar-refractivity contribution in [2.75, 3.05) is 13.1 Å². The van der Waals surface area contributed by atoms with E-state index in [4.69, 9.17) is 5.11 Å². The average molecular weight is 290 g/mol. The maximum atomic E-state index is 11.9. The minimum Gasteiger partial charge on any atom is -0.481 e. The Balaban J connectivity index is 2.52. The molecule has 1 rings (SSSR count). The van der Waals surface area contributed by atoms with Crippen LogP contribution < -0.4 is 10.6 Å². The molecule has 5 nitrogen and oxygen atoms in total. The van der Waals surface area contributed by atoms with Gasteiger partial charge < -0.3 is 15.7 Å². The summed E-state index contributed by atoms with van der Waals surface area (Å²) in [5.74, 6) is -2.19. The number of rotatable bonds is 5. The summed E-state index contributed by atoms with van der Waals surface area (Å²) in [5, 5.41) is 12.8. The Morgan fingerprint density at radius 3 is 2.25 bits per heavy atom. The van der Waals surface area contributed by atoms with Gasteiger partial charge in [-0.2, -0.15) is 13.2 Å². The number of hydrogen-bond donors (Lipinski definition) is 3. The quantitative estimate of drug-likeness (QED) is 0.772. The first-order valence-corrected chi connectivity index (χ1v) is 5.66. The van der Waals surface area contributed by atoms with Crippen molar-refractivity contribution in [2.24, 2.45) is 0 Å². The van der Waals surface area contributed by atoms with Crippen LogP contribution in [0.1, 0.15) is 11.5 Å².